The number of benzene rings is 1. The second-order valence-electron chi connectivity index (χ2n) is 8.36. The van der Waals surface area contributed by atoms with Crippen molar-refractivity contribution in [3.8, 4) is 17.1 Å². The van der Waals surface area contributed by atoms with Crippen molar-refractivity contribution in [1.29, 1.82) is 0 Å². The Bertz CT molecular complexity index is 1130. The fourth-order valence-electron chi connectivity index (χ4n) is 2.91. The summed E-state index contributed by atoms with van der Waals surface area (Å²) in [5.41, 5.74) is -2.87. The number of hydrogen-bond donors (Lipinski definition) is 2. The second-order valence-corrected chi connectivity index (χ2v) is 8.80. The number of nitrogens with zero attached hydrogens (tertiary/aromatic N) is 3. The molecule has 0 atom stereocenters. The van der Waals surface area contributed by atoms with E-state index < -0.39 is 23.2 Å². The van der Waals surface area contributed by atoms with Crippen LogP contribution in [0.3, 0.4) is 0 Å². The van der Waals surface area contributed by atoms with Gasteiger partial charge in [-0.25, -0.2) is 9.97 Å². The minimum Gasteiger partial charge on any atom is -0.382 e. The number of imidazole rings is 1. The van der Waals surface area contributed by atoms with E-state index in [2.05, 4.69) is 9.97 Å². The lowest BCUT2D eigenvalue weighted by Crippen LogP contribution is -2.54. The number of halogens is 4. The molecule has 0 saturated carbocycles. The summed E-state index contributed by atoms with van der Waals surface area (Å²) in [5, 5.41) is 13.0. The number of aliphatic hydroxyl groups is 1. The highest BCUT2D eigenvalue weighted by molar-refractivity contribution is 6.30. The van der Waals surface area contributed by atoms with Gasteiger partial charge < -0.3 is 10.4 Å². The molecule has 2 heterocycles. The molecule has 2 N–H and O–H groups in total. The van der Waals surface area contributed by atoms with Gasteiger partial charge in [0.05, 0.1) is 5.69 Å². The highest BCUT2D eigenvalue weighted by Crippen LogP contribution is 2.31. The minimum atomic E-state index is -4.64. The first-order valence-electron chi connectivity index (χ1n) is 9.63. The molecule has 0 radical (unpaired) electrons. The molecule has 1 aromatic carbocycles. The van der Waals surface area contributed by atoms with E-state index in [0.29, 0.717) is 16.3 Å². The molecule has 0 unspecified atom stereocenters. The lowest BCUT2D eigenvalue weighted by molar-refractivity contribution is -0.182. The number of amides is 1. The average molecular weight is 467 g/mol. The van der Waals surface area contributed by atoms with Crippen LogP contribution in [0, 0.1) is 0 Å². The van der Waals surface area contributed by atoms with Crippen LogP contribution in [-0.4, -0.2) is 37.3 Å². The molecule has 0 spiro atoms. The fraction of sp³-hybridized carbons (Fsp3) is 0.318. The fourth-order valence-corrected chi connectivity index (χ4v) is 3.03. The van der Waals surface area contributed by atoms with E-state index in [1.54, 1.807) is 30.5 Å². The van der Waals surface area contributed by atoms with Crippen molar-refractivity contribution < 1.29 is 23.1 Å². The van der Waals surface area contributed by atoms with Gasteiger partial charge in [-0.15, -0.1) is 0 Å². The molecule has 1 amide bonds. The second kappa shape index (κ2) is 8.22. The Labute approximate surface area is 188 Å². The summed E-state index contributed by atoms with van der Waals surface area (Å²) in [6.07, 6.45) is -1.64. The maximum absolute atomic E-state index is 13.3. The monoisotopic (exact) mass is 466 g/mol. The first-order chi connectivity index (χ1) is 14.7. The predicted octanol–water partition coefficient (Wildman–Crippen LogP) is 4.89. The Balaban J connectivity index is 2.15. The normalized spacial score (nSPS) is 12.7. The number of rotatable bonds is 5. The van der Waals surface area contributed by atoms with E-state index >= 15 is 0 Å². The Morgan fingerprint density at radius 3 is 2.28 bits per heavy atom. The van der Waals surface area contributed by atoms with Crippen molar-refractivity contribution in [2.24, 2.45) is 0 Å². The summed E-state index contributed by atoms with van der Waals surface area (Å²) in [6.45, 7) is 4.84. The van der Waals surface area contributed by atoms with Gasteiger partial charge in [0, 0.05) is 28.5 Å². The van der Waals surface area contributed by atoms with Gasteiger partial charge in [0.1, 0.15) is 22.8 Å². The molecular weight excluding hydrogens is 445 g/mol. The highest BCUT2D eigenvalue weighted by Gasteiger charge is 2.48. The minimum absolute atomic E-state index is 0.0346. The molecule has 0 aliphatic carbocycles. The molecular formula is C22H22ClF3N4O2. The Morgan fingerprint density at radius 2 is 1.72 bits per heavy atom. The van der Waals surface area contributed by atoms with Crippen LogP contribution in [0.1, 0.15) is 43.9 Å². The van der Waals surface area contributed by atoms with Crippen LogP contribution in [0.4, 0.5) is 13.2 Å². The molecule has 0 aliphatic heterocycles. The molecule has 0 saturated heterocycles. The number of carbonyl (C=O) groups is 1. The first-order valence-corrected chi connectivity index (χ1v) is 10.0. The SMILES string of the molecule is CC(C)(O)c1nccn1-c1cc(C(=O)NC(C)(C)C(F)(F)F)cc(-c2ccc(Cl)cc2)n1. The van der Waals surface area contributed by atoms with Gasteiger partial charge in [-0.05, 0) is 52.0 Å². The summed E-state index contributed by atoms with van der Waals surface area (Å²) in [6, 6.07) is 9.38. The number of hydrogen-bond acceptors (Lipinski definition) is 4. The Hall–Kier alpha value is -2.91. The smallest absolute Gasteiger partial charge is 0.382 e. The lowest BCUT2D eigenvalue weighted by atomic mass is 10.0. The number of nitrogens with one attached hydrogen (secondary N) is 1. The summed E-state index contributed by atoms with van der Waals surface area (Å²) in [4.78, 5) is 21.5. The van der Waals surface area contributed by atoms with Crippen LogP contribution in [-0.2, 0) is 5.60 Å². The molecule has 0 fully saturated rings. The number of pyridine rings is 1. The van der Waals surface area contributed by atoms with Gasteiger partial charge in [-0.2, -0.15) is 13.2 Å². The Morgan fingerprint density at radius 1 is 1.09 bits per heavy atom. The number of aromatic nitrogens is 3. The zero-order valence-corrected chi connectivity index (χ0v) is 18.6. The van der Waals surface area contributed by atoms with E-state index in [0.717, 1.165) is 13.8 Å². The van der Waals surface area contributed by atoms with Gasteiger partial charge in [0.25, 0.3) is 5.91 Å². The van der Waals surface area contributed by atoms with Crippen LogP contribution in [0.25, 0.3) is 17.1 Å². The molecule has 6 nitrogen and oxygen atoms in total. The van der Waals surface area contributed by atoms with Crippen LogP contribution in [0.5, 0.6) is 0 Å². The summed E-state index contributed by atoms with van der Waals surface area (Å²) >= 11 is 5.95. The van der Waals surface area contributed by atoms with Gasteiger partial charge >= 0.3 is 6.18 Å². The van der Waals surface area contributed by atoms with Crippen LogP contribution >= 0.6 is 11.6 Å². The zero-order valence-electron chi connectivity index (χ0n) is 17.8. The predicted molar refractivity (Wildman–Crippen MR) is 115 cm³/mol. The summed E-state index contributed by atoms with van der Waals surface area (Å²) < 4.78 is 41.4. The maximum atomic E-state index is 13.3. The third kappa shape index (κ3) is 4.94. The summed E-state index contributed by atoms with van der Waals surface area (Å²) in [7, 11) is 0. The quantitative estimate of drug-likeness (QED) is 0.561. The highest BCUT2D eigenvalue weighted by atomic mass is 35.5. The first kappa shape index (κ1) is 23.7. The van der Waals surface area contributed by atoms with E-state index in [4.69, 9.17) is 11.6 Å². The number of alkyl halides is 3. The molecule has 32 heavy (non-hydrogen) atoms. The van der Waals surface area contributed by atoms with Gasteiger partial charge in [0.15, 0.2) is 0 Å². The van der Waals surface area contributed by atoms with Crippen LogP contribution in [0.15, 0.2) is 48.8 Å². The number of carbonyl (C=O) groups excluding carboxylic acids is 1. The average Bonchev–Trinajstić information content (AvgIpc) is 3.17. The molecule has 2 aromatic heterocycles. The third-order valence-electron chi connectivity index (χ3n) is 4.78. The van der Waals surface area contributed by atoms with Crippen LogP contribution in [0.2, 0.25) is 5.02 Å². The van der Waals surface area contributed by atoms with Crippen molar-refractivity contribution in [1.82, 2.24) is 19.9 Å². The lowest BCUT2D eigenvalue weighted by Gasteiger charge is -2.29. The van der Waals surface area contributed by atoms with E-state index in [9.17, 15) is 23.1 Å². The molecule has 3 rings (SSSR count). The standard InChI is InChI=1S/C22H22ClF3N4O2/c1-20(2,32)19-27-9-10-30(19)17-12-14(18(31)29-21(3,4)22(24,25)26)11-16(28-17)13-5-7-15(23)8-6-13/h5-12,32H,1-4H3,(H,29,31). The van der Waals surface area contributed by atoms with Gasteiger partial charge in [-0.3, -0.25) is 9.36 Å². The van der Waals surface area contributed by atoms with E-state index in [1.165, 1.54) is 36.7 Å². The zero-order chi connectivity index (χ0) is 23.9. The van der Waals surface area contributed by atoms with Crippen molar-refractivity contribution >= 4 is 17.5 Å². The Kier molecular flexibility index (Phi) is 6.10. The van der Waals surface area contributed by atoms with Crippen LogP contribution < -0.4 is 5.32 Å². The summed E-state index contributed by atoms with van der Waals surface area (Å²) in [5.74, 6) is -0.460. The molecule has 170 valence electrons. The molecule has 0 bridgehead atoms. The van der Waals surface area contributed by atoms with E-state index in [1.807, 2.05) is 5.32 Å². The van der Waals surface area contributed by atoms with Crippen molar-refractivity contribution in [2.75, 3.05) is 0 Å². The van der Waals surface area contributed by atoms with Crippen molar-refractivity contribution in [3.63, 3.8) is 0 Å². The van der Waals surface area contributed by atoms with Gasteiger partial charge in [-0.1, -0.05) is 23.7 Å². The topological polar surface area (TPSA) is 80.0 Å². The largest absolute Gasteiger partial charge is 0.410 e. The third-order valence-corrected chi connectivity index (χ3v) is 5.04. The molecule has 0 aliphatic rings. The van der Waals surface area contributed by atoms with Crippen molar-refractivity contribution in [3.05, 3.63) is 65.2 Å². The molecule has 10 heteroatoms. The maximum Gasteiger partial charge on any atom is 0.410 e. The van der Waals surface area contributed by atoms with Crippen molar-refractivity contribution in [2.45, 2.75) is 45.0 Å². The molecule has 3 aromatic rings. The van der Waals surface area contributed by atoms with E-state index in [-0.39, 0.29) is 17.2 Å². The van der Waals surface area contributed by atoms with Gasteiger partial charge in [0.2, 0.25) is 0 Å².